The predicted molar refractivity (Wildman–Crippen MR) is 87.8 cm³/mol. The van der Waals surface area contributed by atoms with E-state index >= 15 is 0 Å². The van der Waals surface area contributed by atoms with Crippen molar-refractivity contribution in [3.8, 4) is 0 Å². The normalized spacial score (nSPS) is 26.6. The van der Waals surface area contributed by atoms with Crippen molar-refractivity contribution in [2.75, 3.05) is 6.54 Å². The standard InChI is InChI=1S/C19H23NO4/c1-19(2,3)24-18(23)14-9-13(14)16-15(21)11-20(17(16)22)10-12-7-5-4-6-8-12/h4-8,13-14,16H,9-11H2,1-3H3/t13-,14-,16?/m0/s1. The first kappa shape index (κ1) is 16.7. The van der Waals surface area contributed by atoms with Gasteiger partial charge in [0, 0.05) is 6.54 Å². The van der Waals surface area contributed by atoms with Crippen LogP contribution in [-0.4, -0.2) is 34.7 Å². The van der Waals surface area contributed by atoms with Crippen LogP contribution < -0.4 is 0 Å². The minimum atomic E-state index is -0.675. The molecule has 1 aliphatic carbocycles. The van der Waals surface area contributed by atoms with Crippen molar-refractivity contribution in [3.05, 3.63) is 35.9 Å². The van der Waals surface area contributed by atoms with Crippen molar-refractivity contribution in [3.63, 3.8) is 0 Å². The number of carbonyl (C=O) groups excluding carboxylic acids is 3. The first-order valence-corrected chi connectivity index (χ1v) is 8.34. The van der Waals surface area contributed by atoms with Crippen LogP contribution in [0.4, 0.5) is 0 Å². The Kier molecular flexibility index (Phi) is 4.20. The molecule has 1 unspecified atom stereocenters. The Hall–Kier alpha value is -2.17. The zero-order valence-electron chi connectivity index (χ0n) is 14.3. The molecule has 0 N–H and O–H groups in total. The lowest BCUT2D eigenvalue weighted by Crippen LogP contribution is -2.29. The average Bonchev–Trinajstić information content (AvgIpc) is 3.21. The lowest BCUT2D eigenvalue weighted by molar-refractivity contribution is -0.157. The SMILES string of the molecule is CC(C)(C)OC(=O)[C@H]1C[C@@H]1C1C(=O)CN(Cc2ccccc2)C1=O. The van der Waals surface area contributed by atoms with E-state index in [0.717, 1.165) is 5.56 Å². The highest BCUT2D eigenvalue weighted by Crippen LogP contribution is 2.48. The van der Waals surface area contributed by atoms with Gasteiger partial charge in [0.05, 0.1) is 12.5 Å². The van der Waals surface area contributed by atoms with E-state index in [0.29, 0.717) is 13.0 Å². The van der Waals surface area contributed by atoms with Crippen LogP contribution in [0.1, 0.15) is 32.8 Å². The minimum Gasteiger partial charge on any atom is -0.460 e. The zero-order chi connectivity index (χ0) is 17.5. The van der Waals surface area contributed by atoms with Crippen LogP contribution in [0.25, 0.3) is 0 Å². The summed E-state index contributed by atoms with van der Waals surface area (Å²) in [4.78, 5) is 38.6. The van der Waals surface area contributed by atoms with Crippen molar-refractivity contribution in [2.24, 2.45) is 17.8 Å². The number of Topliss-reactive ketones (excluding diaryl/α,β-unsaturated/α-hetero) is 1. The third kappa shape index (κ3) is 3.50. The molecular weight excluding hydrogens is 306 g/mol. The molecule has 24 heavy (non-hydrogen) atoms. The van der Waals surface area contributed by atoms with E-state index in [4.69, 9.17) is 4.74 Å². The van der Waals surface area contributed by atoms with Gasteiger partial charge in [-0.2, -0.15) is 0 Å². The Morgan fingerprint density at radius 2 is 1.88 bits per heavy atom. The van der Waals surface area contributed by atoms with Crippen LogP contribution in [-0.2, 0) is 25.7 Å². The van der Waals surface area contributed by atoms with Gasteiger partial charge >= 0.3 is 5.97 Å². The van der Waals surface area contributed by atoms with E-state index in [1.165, 1.54) is 0 Å². The van der Waals surface area contributed by atoms with Crippen LogP contribution in [0, 0.1) is 17.8 Å². The number of esters is 1. The molecule has 0 aromatic heterocycles. The van der Waals surface area contributed by atoms with Gasteiger partial charge in [-0.1, -0.05) is 30.3 Å². The maximum atomic E-state index is 12.6. The number of amides is 1. The van der Waals surface area contributed by atoms with E-state index < -0.39 is 11.5 Å². The summed E-state index contributed by atoms with van der Waals surface area (Å²) in [6.45, 7) is 6.02. The summed E-state index contributed by atoms with van der Waals surface area (Å²) in [5, 5.41) is 0. The number of carbonyl (C=O) groups is 3. The molecule has 2 aliphatic rings. The number of ether oxygens (including phenoxy) is 1. The van der Waals surface area contributed by atoms with Crippen LogP contribution in [0.5, 0.6) is 0 Å². The number of hydrogen-bond donors (Lipinski definition) is 0. The molecule has 128 valence electrons. The van der Waals surface area contributed by atoms with Gasteiger partial charge in [0.15, 0.2) is 5.78 Å². The van der Waals surface area contributed by atoms with Crippen LogP contribution >= 0.6 is 0 Å². The molecule has 0 spiro atoms. The van der Waals surface area contributed by atoms with Crippen molar-refractivity contribution in [1.29, 1.82) is 0 Å². The van der Waals surface area contributed by atoms with Crippen molar-refractivity contribution in [2.45, 2.75) is 39.3 Å². The van der Waals surface area contributed by atoms with Crippen molar-refractivity contribution >= 4 is 17.7 Å². The lowest BCUT2D eigenvalue weighted by Gasteiger charge is -2.20. The van der Waals surface area contributed by atoms with E-state index in [-0.39, 0.29) is 36.0 Å². The maximum Gasteiger partial charge on any atom is 0.309 e. The van der Waals surface area contributed by atoms with E-state index in [9.17, 15) is 14.4 Å². The fourth-order valence-corrected chi connectivity index (χ4v) is 3.29. The third-order valence-electron chi connectivity index (χ3n) is 4.47. The molecule has 1 aliphatic heterocycles. The zero-order valence-corrected chi connectivity index (χ0v) is 14.3. The summed E-state index contributed by atoms with van der Waals surface area (Å²) in [7, 11) is 0. The number of hydrogen-bond acceptors (Lipinski definition) is 4. The number of benzene rings is 1. The molecule has 1 aromatic carbocycles. The molecule has 1 saturated carbocycles. The van der Waals surface area contributed by atoms with Crippen LogP contribution in [0.3, 0.4) is 0 Å². The Morgan fingerprint density at radius 3 is 2.50 bits per heavy atom. The molecule has 5 nitrogen and oxygen atoms in total. The van der Waals surface area contributed by atoms with Crippen LogP contribution in [0.15, 0.2) is 30.3 Å². The number of likely N-dealkylation sites (tertiary alicyclic amines) is 1. The van der Waals surface area contributed by atoms with Crippen LogP contribution in [0.2, 0.25) is 0 Å². The highest BCUT2D eigenvalue weighted by Gasteiger charge is 2.57. The molecule has 3 rings (SSSR count). The van der Waals surface area contributed by atoms with Gasteiger partial charge in [0.25, 0.3) is 0 Å². The monoisotopic (exact) mass is 329 g/mol. The maximum absolute atomic E-state index is 12.6. The second-order valence-electron chi connectivity index (χ2n) is 7.66. The number of rotatable bonds is 4. The van der Waals surface area contributed by atoms with E-state index in [2.05, 4.69) is 0 Å². The fourth-order valence-electron chi connectivity index (χ4n) is 3.29. The summed E-state index contributed by atoms with van der Waals surface area (Å²) < 4.78 is 5.37. The summed E-state index contributed by atoms with van der Waals surface area (Å²) >= 11 is 0. The summed E-state index contributed by atoms with van der Waals surface area (Å²) in [5.74, 6) is -1.72. The van der Waals surface area contributed by atoms with E-state index in [1.807, 2.05) is 51.1 Å². The van der Waals surface area contributed by atoms with Gasteiger partial charge in [-0.25, -0.2) is 0 Å². The molecule has 1 amide bonds. The summed E-state index contributed by atoms with van der Waals surface area (Å²) in [6, 6.07) is 9.61. The second-order valence-corrected chi connectivity index (χ2v) is 7.66. The molecule has 5 heteroatoms. The largest absolute Gasteiger partial charge is 0.460 e. The minimum absolute atomic E-state index is 0.0769. The predicted octanol–water partition coefficient (Wildman–Crippen LogP) is 2.19. The topological polar surface area (TPSA) is 63.7 Å². The Labute approximate surface area is 142 Å². The van der Waals surface area contributed by atoms with Gasteiger partial charge in [0.2, 0.25) is 5.91 Å². The number of nitrogens with zero attached hydrogens (tertiary/aromatic N) is 1. The third-order valence-corrected chi connectivity index (χ3v) is 4.47. The highest BCUT2D eigenvalue weighted by atomic mass is 16.6. The molecular formula is C19H23NO4. The Balaban J connectivity index is 1.63. The Bertz CT molecular complexity index is 662. The molecule has 0 bridgehead atoms. The fraction of sp³-hybridized carbons (Fsp3) is 0.526. The van der Waals surface area contributed by atoms with Gasteiger partial charge in [-0.15, -0.1) is 0 Å². The summed E-state index contributed by atoms with van der Waals surface area (Å²) in [6.07, 6.45) is 0.566. The van der Waals surface area contributed by atoms with E-state index in [1.54, 1.807) is 4.90 Å². The molecule has 3 atom stereocenters. The van der Waals surface area contributed by atoms with Gasteiger partial charge in [-0.3, -0.25) is 14.4 Å². The van der Waals surface area contributed by atoms with Crippen molar-refractivity contribution < 1.29 is 19.1 Å². The highest BCUT2D eigenvalue weighted by molar-refractivity contribution is 6.09. The quantitative estimate of drug-likeness (QED) is 0.627. The molecule has 1 heterocycles. The smallest absolute Gasteiger partial charge is 0.309 e. The second kappa shape index (κ2) is 6.04. The Morgan fingerprint density at radius 1 is 1.21 bits per heavy atom. The molecule has 1 saturated heterocycles. The number of ketones is 1. The average molecular weight is 329 g/mol. The molecule has 0 radical (unpaired) electrons. The van der Waals surface area contributed by atoms with Gasteiger partial charge < -0.3 is 9.64 Å². The summed E-state index contributed by atoms with van der Waals surface area (Å²) in [5.41, 5.74) is 0.451. The molecule has 2 fully saturated rings. The first-order valence-electron chi connectivity index (χ1n) is 8.34. The first-order chi connectivity index (χ1) is 11.3. The molecule has 1 aromatic rings. The lowest BCUT2D eigenvalue weighted by atomic mass is 9.99. The van der Waals surface area contributed by atoms with Crippen molar-refractivity contribution in [1.82, 2.24) is 4.90 Å². The van der Waals surface area contributed by atoms with Gasteiger partial charge in [-0.05, 0) is 38.7 Å². The van der Waals surface area contributed by atoms with Gasteiger partial charge in [0.1, 0.15) is 11.5 Å².